The maximum atomic E-state index is 13.1. The molecule has 3 nitrogen and oxygen atoms in total. The number of hydrogen-bond donors (Lipinski definition) is 1. The number of aromatic nitrogens is 2. The van der Waals surface area contributed by atoms with Crippen LogP contribution in [0.2, 0.25) is 15.1 Å². The largest absolute Gasteiger partial charge is 0.377 e. The summed E-state index contributed by atoms with van der Waals surface area (Å²) >= 11 is 18.2. The van der Waals surface area contributed by atoms with E-state index < -0.39 is 5.82 Å². The Labute approximate surface area is 131 Å². The second-order valence-electron chi connectivity index (χ2n) is 4.28. The summed E-state index contributed by atoms with van der Waals surface area (Å²) in [6.45, 7) is 2.38. The van der Waals surface area contributed by atoms with Crippen LogP contribution in [0, 0.1) is 5.82 Å². The van der Waals surface area contributed by atoms with Gasteiger partial charge < -0.3 is 5.32 Å². The number of rotatable bonds is 4. The highest BCUT2D eigenvalue weighted by atomic mass is 35.5. The molecule has 0 aliphatic heterocycles. The zero-order valence-corrected chi connectivity index (χ0v) is 13.2. The van der Waals surface area contributed by atoms with Gasteiger partial charge in [-0.05, 0) is 18.6 Å². The molecule has 0 saturated heterocycles. The van der Waals surface area contributed by atoms with E-state index in [9.17, 15) is 4.39 Å². The van der Waals surface area contributed by atoms with Crippen molar-refractivity contribution in [1.82, 2.24) is 9.78 Å². The third-order valence-electron chi connectivity index (χ3n) is 2.94. The van der Waals surface area contributed by atoms with E-state index in [1.54, 1.807) is 4.68 Å². The van der Waals surface area contributed by atoms with Gasteiger partial charge in [0.15, 0.2) is 0 Å². The summed E-state index contributed by atoms with van der Waals surface area (Å²) in [5, 5.41) is 8.46. The molecule has 0 unspecified atom stereocenters. The first-order chi connectivity index (χ1) is 9.43. The number of aryl methyl sites for hydroxylation is 2. The van der Waals surface area contributed by atoms with Crippen LogP contribution in [0.1, 0.15) is 18.3 Å². The quantitative estimate of drug-likeness (QED) is 0.877. The predicted molar refractivity (Wildman–Crippen MR) is 81.3 cm³/mol. The van der Waals surface area contributed by atoms with Crippen molar-refractivity contribution in [3.8, 4) is 0 Å². The fourth-order valence-corrected chi connectivity index (χ4v) is 2.85. The molecule has 1 N–H and O–H groups in total. The summed E-state index contributed by atoms with van der Waals surface area (Å²) in [6.07, 6.45) is 0.755. The number of halogens is 4. The molecule has 2 rings (SSSR count). The van der Waals surface area contributed by atoms with E-state index >= 15 is 0 Å². The summed E-state index contributed by atoms with van der Waals surface area (Å²) in [5.74, 6) is -0.475. The Kier molecular flexibility index (Phi) is 4.78. The van der Waals surface area contributed by atoms with Crippen LogP contribution in [0.4, 0.5) is 10.1 Å². The van der Waals surface area contributed by atoms with Gasteiger partial charge in [-0.2, -0.15) is 5.10 Å². The first kappa shape index (κ1) is 15.4. The third kappa shape index (κ3) is 3.03. The van der Waals surface area contributed by atoms with Crippen molar-refractivity contribution in [3.05, 3.63) is 44.4 Å². The topological polar surface area (TPSA) is 29.9 Å². The average Bonchev–Trinajstić information content (AvgIpc) is 2.64. The van der Waals surface area contributed by atoms with Crippen molar-refractivity contribution < 1.29 is 4.39 Å². The molecule has 0 aliphatic carbocycles. The third-order valence-corrected chi connectivity index (χ3v) is 3.97. The lowest BCUT2D eigenvalue weighted by Crippen LogP contribution is -2.06. The zero-order chi connectivity index (χ0) is 14.9. The lowest BCUT2D eigenvalue weighted by molar-refractivity contribution is 0.628. The summed E-state index contributed by atoms with van der Waals surface area (Å²) < 4.78 is 14.8. The normalized spacial score (nSPS) is 10.9. The van der Waals surface area contributed by atoms with Crippen LogP contribution in [0.25, 0.3) is 0 Å². The second kappa shape index (κ2) is 6.20. The number of benzene rings is 1. The molecule has 2 aromatic rings. The highest BCUT2D eigenvalue weighted by Gasteiger charge is 2.14. The Hall–Kier alpha value is -0.970. The number of nitrogens with zero attached hydrogens (tertiary/aromatic N) is 2. The molecule has 0 aliphatic rings. The van der Waals surface area contributed by atoms with E-state index in [0.29, 0.717) is 17.3 Å². The molecule has 1 aromatic carbocycles. The van der Waals surface area contributed by atoms with E-state index in [-0.39, 0.29) is 10.0 Å². The van der Waals surface area contributed by atoms with Gasteiger partial charge in [-0.15, -0.1) is 0 Å². The van der Waals surface area contributed by atoms with Crippen molar-refractivity contribution >= 4 is 40.5 Å². The van der Waals surface area contributed by atoms with E-state index in [2.05, 4.69) is 10.4 Å². The van der Waals surface area contributed by atoms with E-state index in [1.165, 1.54) is 12.1 Å². The molecule has 1 heterocycles. The Morgan fingerprint density at radius 1 is 1.25 bits per heavy atom. The number of hydrogen-bond acceptors (Lipinski definition) is 2. The molecule has 0 amide bonds. The highest BCUT2D eigenvalue weighted by molar-refractivity contribution is 6.39. The van der Waals surface area contributed by atoms with Gasteiger partial charge in [0.05, 0.1) is 38.7 Å². The van der Waals surface area contributed by atoms with Crippen molar-refractivity contribution in [2.24, 2.45) is 7.05 Å². The SMILES string of the molecule is CCc1nn(C)c(CNc2c(Cl)cc(F)cc2Cl)c1Cl. The van der Waals surface area contributed by atoms with Crippen LogP contribution in [-0.4, -0.2) is 9.78 Å². The van der Waals surface area contributed by atoms with E-state index in [4.69, 9.17) is 34.8 Å². The van der Waals surface area contributed by atoms with Crippen LogP contribution in [0.5, 0.6) is 0 Å². The molecule has 20 heavy (non-hydrogen) atoms. The van der Waals surface area contributed by atoms with E-state index in [0.717, 1.165) is 17.8 Å². The fourth-order valence-electron chi connectivity index (χ4n) is 1.90. The molecule has 1 aromatic heterocycles. The predicted octanol–water partition coefficient (Wildman–Crippen LogP) is 4.69. The Bertz CT molecular complexity index is 617. The van der Waals surface area contributed by atoms with Gasteiger partial charge in [0, 0.05) is 7.05 Å². The molecule has 0 spiro atoms. The lowest BCUT2D eigenvalue weighted by atomic mass is 10.2. The molecular formula is C13H13Cl3FN3. The first-order valence-corrected chi connectivity index (χ1v) is 7.16. The van der Waals surface area contributed by atoms with Crippen LogP contribution in [-0.2, 0) is 20.0 Å². The molecular weight excluding hydrogens is 324 g/mol. The maximum absolute atomic E-state index is 13.1. The van der Waals surface area contributed by atoms with Crippen molar-refractivity contribution in [2.45, 2.75) is 19.9 Å². The van der Waals surface area contributed by atoms with Gasteiger partial charge >= 0.3 is 0 Å². The molecule has 0 saturated carbocycles. The van der Waals surface area contributed by atoms with Gasteiger partial charge in [0.2, 0.25) is 0 Å². The minimum Gasteiger partial charge on any atom is -0.377 e. The first-order valence-electron chi connectivity index (χ1n) is 6.02. The standard InChI is InChI=1S/C13H13Cl3FN3/c1-3-10-12(16)11(20(2)19-10)6-18-13-8(14)4-7(17)5-9(13)15/h4-5,18H,3,6H2,1-2H3. The fraction of sp³-hybridized carbons (Fsp3) is 0.308. The monoisotopic (exact) mass is 335 g/mol. The maximum Gasteiger partial charge on any atom is 0.126 e. The zero-order valence-electron chi connectivity index (χ0n) is 11.0. The Morgan fingerprint density at radius 3 is 2.35 bits per heavy atom. The van der Waals surface area contributed by atoms with Crippen LogP contribution < -0.4 is 5.32 Å². The summed E-state index contributed by atoms with van der Waals surface area (Å²) in [5.41, 5.74) is 2.13. The van der Waals surface area contributed by atoms with Crippen molar-refractivity contribution in [3.63, 3.8) is 0 Å². The van der Waals surface area contributed by atoms with Crippen LogP contribution in [0.3, 0.4) is 0 Å². The molecule has 108 valence electrons. The Balaban J connectivity index is 2.24. The molecule has 7 heteroatoms. The van der Waals surface area contributed by atoms with Gasteiger partial charge in [0.1, 0.15) is 5.82 Å². The van der Waals surface area contributed by atoms with Crippen LogP contribution in [0.15, 0.2) is 12.1 Å². The number of nitrogens with one attached hydrogen (secondary N) is 1. The van der Waals surface area contributed by atoms with Crippen molar-refractivity contribution in [1.29, 1.82) is 0 Å². The smallest absolute Gasteiger partial charge is 0.126 e. The van der Waals surface area contributed by atoms with Gasteiger partial charge in [0.25, 0.3) is 0 Å². The summed E-state index contributed by atoms with van der Waals surface area (Å²) in [7, 11) is 1.82. The minimum atomic E-state index is -0.475. The molecule has 0 atom stereocenters. The van der Waals surface area contributed by atoms with Crippen molar-refractivity contribution in [2.75, 3.05) is 5.32 Å². The van der Waals surface area contributed by atoms with E-state index in [1.807, 2.05) is 14.0 Å². The second-order valence-corrected chi connectivity index (χ2v) is 5.47. The molecule has 0 fully saturated rings. The average molecular weight is 337 g/mol. The molecule has 0 bridgehead atoms. The Morgan fingerprint density at radius 2 is 1.85 bits per heavy atom. The van der Waals surface area contributed by atoms with Gasteiger partial charge in [-0.25, -0.2) is 4.39 Å². The lowest BCUT2D eigenvalue weighted by Gasteiger charge is -2.11. The van der Waals surface area contributed by atoms with Crippen LogP contribution >= 0.6 is 34.8 Å². The van der Waals surface area contributed by atoms with Gasteiger partial charge in [-0.1, -0.05) is 41.7 Å². The highest BCUT2D eigenvalue weighted by Crippen LogP contribution is 2.32. The van der Waals surface area contributed by atoms with Gasteiger partial charge in [-0.3, -0.25) is 4.68 Å². The molecule has 0 radical (unpaired) electrons. The summed E-state index contributed by atoms with van der Waals surface area (Å²) in [4.78, 5) is 0. The summed E-state index contributed by atoms with van der Waals surface area (Å²) in [6, 6.07) is 2.41. The minimum absolute atomic E-state index is 0.226. The number of anilines is 1.